The van der Waals surface area contributed by atoms with Crippen molar-refractivity contribution in [3.05, 3.63) is 43.0 Å². The Morgan fingerprint density at radius 3 is 2.65 bits per heavy atom. The minimum absolute atomic E-state index is 0.790. The first-order valence-electron chi connectivity index (χ1n) is 6.73. The van der Waals surface area contributed by atoms with Gasteiger partial charge in [-0.3, -0.25) is 0 Å². The predicted octanol–water partition coefficient (Wildman–Crippen LogP) is 5.30. The summed E-state index contributed by atoms with van der Waals surface area (Å²) in [7, 11) is 0. The summed E-state index contributed by atoms with van der Waals surface area (Å²) in [6.45, 7) is 3.92. The molecule has 1 aliphatic carbocycles. The van der Waals surface area contributed by atoms with Gasteiger partial charge in [-0.2, -0.15) is 0 Å². The Bertz CT molecular complexity index is 331. The first kappa shape index (κ1) is 12.8. The van der Waals surface area contributed by atoms with Gasteiger partial charge in [0.15, 0.2) is 0 Å². The summed E-state index contributed by atoms with van der Waals surface area (Å²) < 4.78 is 0. The third kappa shape index (κ3) is 3.92. The van der Waals surface area contributed by atoms with Crippen molar-refractivity contribution in [2.24, 2.45) is 5.92 Å². The molecule has 1 aliphatic rings. The van der Waals surface area contributed by atoms with Gasteiger partial charge in [-0.25, -0.2) is 0 Å². The molecule has 0 bridgehead atoms. The van der Waals surface area contributed by atoms with Gasteiger partial charge in [-0.1, -0.05) is 43.5 Å². The highest BCUT2D eigenvalue weighted by Crippen LogP contribution is 2.38. The van der Waals surface area contributed by atoms with Crippen molar-refractivity contribution >= 4 is 11.8 Å². The van der Waals surface area contributed by atoms with Gasteiger partial charge in [0.05, 0.1) is 0 Å². The molecule has 1 fully saturated rings. The molecule has 92 valence electrons. The van der Waals surface area contributed by atoms with Crippen LogP contribution in [0.25, 0.3) is 0 Å². The van der Waals surface area contributed by atoms with Gasteiger partial charge in [-0.05, 0) is 37.3 Å². The lowest BCUT2D eigenvalue weighted by Gasteiger charge is -2.23. The molecule has 0 heterocycles. The molecular formula is C16H22S. The first-order valence-corrected chi connectivity index (χ1v) is 7.60. The molecule has 0 nitrogen and oxygen atoms in total. The van der Waals surface area contributed by atoms with Crippen LogP contribution in [0.3, 0.4) is 0 Å². The van der Waals surface area contributed by atoms with Gasteiger partial charge in [0.2, 0.25) is 0 Å². The van der Waals surface area contributed by atoms with Crippen LogP contribution < -0.4 is 0 Å². The van der Waals surface area contributed by atoms with Crippen molar-refractivity contribution in [1.82, 2.24) is 0 Å². The summed E-state index contributed by atoms with van der Waals surface area (Å²) in [6, 6.07) is 10.8. The van der Waals surface area contributed by atoms with E-state index in [0.29, 0.717) is 0 Å². The van der Waals surface area contributed by atoms with Crippen LogP contribution in [0.2, 0.25) is 0 Å². The predicted molar refractivity (Wildman–Crippen MR) is 77.5 cm³/mol. The van der Waals surface area contributed by atoms with E-state index in [1.165, 1.54) is 43.4 Å². The number of hydrogen-bond donors (Lipinski definition) is 0. The molecule has 0 radical (unpaired) electrons. The maximum atomic E-state index is 3.92. The lowest BCUT2D eigenvalue weighted by Crippen LogP contribution is -2.15. The summed E-state index contributed by atoms with van der Waals surface area (Å²) in [4.78, 5) is 1.42. The topological polar surface area (TPSA) is 0 Å². The summed E-state index contributed by atoms with van der Waals surface area (Å²) in [5.74, 6) is 0.834. The zero-order valence-corrected chi connectivity index (χ0v) is 11.3. The van der Waals surface area contributed by atoms with Gasteiger partial charge in [0.1, 0.15) is 0 Å². The molecule has 0 aromatic heterocycles. The fraction of sp³-hybridized carbons (Fsp3) is 0.500. The Labute approximate surface area is 110 Å². The minimum Gasteiger partial charge on any atom is -0.122 e. The molecule has 1 heteroatoms. The molecule has 2 atom stereocenters. The summed E-state index contributed by atoms with van der Waals surface area (Å²) >= 11 is 2.08. The van der Waals surface area contributed by atoms with Crippen LogP contribution in [0.4, 0.5) is 0 Å². The first-order chi connectivity index (χ1) is 8.40. The molecule has 0 aliphatic heterocycles. The highest BCUT2D eigenvalue weighted by Gasteiger charge is 2.23. The molecule has 2 rings (SSSR count). The SMILES string of the molecule is C=CC[C@@H]1CCCCC[C@H]1Sc1ccccc1. The van der Waals surface area contributed by atoms with Crippen LogP contribution in [-0.4, -0.2) is 5.25 Å². The van der Waals surface area contributed by atoms with Crippen molar-refractivity contribution < 1.29 is 0 Å². The van der Waals surface area contributed by atoms with Gasteiger partial charge in [-0.15, -0.1) is 18.3 Å². The summed E-state index contributed by atoms with van der Waals surface area (Å²) in [5.41, 5.74) is 0. The van der Waals surface area contributed by atoms with E-state index in [2.05, 4.69) is 54.7 Å². The van der Waals surface area contributed by atoms with Crippen molar-refractivity contribution in [3.63, 3.8) is 0 Å². The van der Waals surface area contributed by atoms with Crippen molar-refractivity contribution in [2.45, 2.75) is 48.7 Å². The van der Waals surface area contributed by atoms with E-state index >= 15 is 0 Å². The van der Waals surface area contributed by atoms with E-state index in [1.54, 1.807) is 0 Å². The molecule has 0 unspecified atom stereocenters. The number of hydrogen-bond acceptors (Lipinski definition) is 1. The minimum atomic E-state index is 0.790. The zero-order chi connectivity index (χ0) is 11.9. The molecule has 1 aromatic rings. The molecule has 1 aromatic carbocycles. The van der Waals surface area contributed by atoms with Crippen molar-refractivity contribution in [2.75, 3.05) is 0 Å². The highest BCUT2D eigenvalue weighted by atomic mass is 32.2. The largest absolute Gasteiger partial charge is 0.122 e. The molecule has 1 saturated carbocycles. The van der Waals surface area contributed by atoms with E-state index in [1.807, 2.05) is 0 Å². The Hall–Kier alpha value is -0.690. The third-order valence-electron chi connectivity index (χ3n) is 3.59. The summed E-state index contributed by atoms with van der Waals surface area (Å²) in [6.07, 6.45) is 10.3. The van der Waals surface area contributed by atoms with E-state index in [4.69, 9.17) is 0 Å². The standard InChI is InChI=1S/C16H22S/c1-2-9-14-10-5-3-8-13-16(14)17-15-11-6-4-7-12-15/h2,4,6-7,11-12,14,16H,1,3,5,8-10,13H2/t14-,16-/m1/s1. The van der Waals surface area contributed by atoms with E-state index in [0.717, 1.165) is 11.2 Å². The van der Waals surface area contributed by atoms with Gasteiger partial charge >= 0.3 is 0 Å². The smallest absolute Gasteiger partial charge is 0.0126 e. The second-order valence-corrected chi connectivity index (χ2v) is 6.20. The fourth-order valence-electron chi connectivity index (χ4n) is 2.66. The third-order valence-corrected chi connectivity index (χ3v) is 5.06. The second kappa shape index (κ2) is 6.90. The molecule has 0 spiro atoms. The maximum absolute atomic E-state index is 3.92. The Kier molecular flexibility index (Phi) is 5.18. The average molecular weight is 246 g/mol. The lowest BCUT2D eigenvalue weighted by molar-refractivity contribution is 0.479. The van der Waals surface area contributed by atoms with Crippen LogP contribution in [0.5, 0.6) is 0 Å². The number of thioether (sulfide) groups is 1. The highest BCUT2D eigenvalue weighted by molar-refractivity contribution is 8.00. The maximum Gasteiger partial charge on any atom is 0.0126 e. The molecule has 0 saturated heterocycles. The quantitative estimate of drug-likeness (QED) is 0.513. The van der Waals surface area contributed by atoms with Crippen LogP contribution >= 0.6 is 11.8 Å². The van der Waals surface area contributed by atoms with Gasteiger partial charge < -0.3 is 0 Å². The number of benzene rings is 1. The van der Waals surface area contributed by atoms with Crippen LogP contribution in [0.1, 0.15) is 38.5 Å². The Morgan fingerprint density at radius 1 is 1.12 bits per heavy atom. The fourth-order valence-corrected chi connectivity index (χ4v) is 4.05. The van der Waals surface area contributed by atoms with Crippen LogP contribution in [-0.2, 0) is 0 Å². The zero-order valence-electron chi connectivity index (χ0n) is 10.5. The molecular weight excluding hydrogens is 224 g/mol. The Morgan fingerprint density at radius 2 is 1.88 bits per heavy atom. The lowest BCUT2D eigenvalue weighted by atomic mass is 9.96. The van der Waals surface area contributed by atoms with Crippen LogP contribution in [0, 0.1) is 5.92 Å². The normalized spacial score (nSPS) is 25.2. The molecule has 17 heavy (non-hydrogen) atoms. The molecule has 0 N–H and O–H groups in total. The monoisotopic (exact) mass is 246 g/mol. The van der Waals surface area contributed by atoms with Crippen molar-refractivity contribution in [1.29, 1.82) is 0 Å². The number of rotatable bonds is 4. The second-order valence-electron chi connectivity index (χ2n) is 4.89. The van der Waals surface area contributed by atoms with Gasteiger partial charge in [0.25, 0.3) is 0 Å². The van der Waals surface area contributed by atoms with E-state index in [-0.39, 0.29) is 0 Å². The van der Waals surface area contributed by atoms with E-state index in [9.17, 15) is 0 Å². The molecule has 0 amide bonds. The van der Waals surface area contributed by atoms with Gasteiger partial charge in [0, 0.05) is 10.1 Å². The average Bonchev–Trinajstić information content (AvgIpc) is 2.57. The van der Waals surface area contributed by atoms with Crippen molar-refractivity contribution in [3.8, 4) is 0 Å². The van der Waals surface area contributed by atoms with E-state index < -0.39 is 0 Å². The van der Waals surface area contributed by atoms with Crippen LogP contribution in [0.15, 0.2) is 47.9 Å². The Balaban J connectivity index is 2.02. The summed E-state index contributed by atoms with van der Waals surface area (Å²) in [5, 5.41) is 0.790. The number of allylic oxidation sites excluding steroid dienone is 1.